The van der Waals surface area contributed by atoms with E-state index in [4.69, 9.17) is 5.39 Å². The molecule has 0 bridgehead atoms. The van der Waals surface area contributed by atoms with Crippen molar-refractivity contribution in [3.05, 3.63) is 28.7 Å². The zero-order valence-electron chi connectivity index (χ0n) is 11.1. The predicted molar refractivity (Wildman–Crippen MR) is 68.2 cm³/mol. The molecule has 1 heterocycles. The highest BCUT2D eigenvalue weighted by molar-refractivity contribution is 7.87. The molecule has 0 radical (unpaired) electrons. The Hall–Kier alpha value is -3.04. The average molecular weight is 341 g/mol. The first-order valence-electron chi connectivity index (χ1n) is 5.87. The van der Waals surface area contributed by atoms with Gasteiger partial charge in [0.15, 0.2) is 4.98 Å². The number of carbonyl (C=O) groups is 3. The second-order valence-electron chi connectivity index (χ2n) is 4.39. The van der Waals surface area contributed by atoms with E-state index in [1.807, 2.05) is 0 Å². The quantitative estimate of drug-likeness (QED) is 0.437. The Balaban J connectivity index is 2.23. The smallest absolute Gasteiger partial charge is 0.388 e. The summed E-state index contributed by atoms with van der Waals surface area (Å²) in [6.07, 6.45) is -0.938. The first kappa shape index (κ1) is 16.3. The molecule has 1 atom stereocenters. The van der Waals surface area contributed by atoms with E-state index in [0.29, 0.717) is 0 Å². The molecule has 2 rings (SSSR count). The number of aromatic hydroxyl groups is 1. The Labute approximate surface area is 128 Å². The second-order valence-corrected chi connectivity index (χ2v) is 5.95. The molecule has 1 N–H and O–H groups in total. The van der Waals surface area contributed by atoms with Crippen molar-refractivity contribution < 1.29 is 37.3 Å². The predicted octanol–water partition coefficient (Wildman–Crippen LogP) is -0.379. The van der Waals surface area contributed by atoms with Crippen LogP contribution in [0.15, 0.2) is 18.2 Å². The number of phenols is 1. The van der Waals surface area contributed by atoms with Gasteiger partial charge in [0, 0.05) is 6.07 Å². The van der Waals surface area contributed by atoms with Gasteiger partial charge in [0.25, 0.3) is 11.8 Å². The van der Waals surface area contributed by atoms with Gasteiger partial charge in [-0.3, -0.25) is 9.59 Å². The molecule has 1 unspecified atom stereocenters. The van der Waals surface area contributed by atoms with Crippen molar-refractivity contribution in [2.75, 3.05) is 0 Å². The number of rotatable bonds is 3. The molecule has 12 heteroatoms. The summed E-state index contributed by atoms with van der Waals surface area (Å²) in [6, 6.07) is 3.00. The number of amides is 2. The van der Waals surface area contributed by atoms with E-state index in [-0.39, 0.29) is 10.8 Å². The van der Waals surface area contributed by atoms with E-state index in [9.17, 15) is 32.5 Å². The third kappa shape index (κ3) is 3.10. The number of imide groups is 1. The van der Waals surface area contributed by atoms with Crippen LogP contribution in [-0.2, 0) is 24.5 Å². The van der Waals surface area contributed by atoms with Gasteiger partial charge >= 0.3 is 11.7 Å². The Morgan fingerprint density at radius 1 is 1.43 bits per heavy atom. The van der Waals surface area contributed by atoms with Crippen molar-refractivity contribution in [2.45, 2.75) is 11.7 Å². The van der Waals surface area contributed by atoms with Crippen LogP contribution in [0.25, 0.3) is 4.98 Å². The van der Waals surface area contributed by atoms with E-state index in [1.54, 1.807) is 0 Å². The van der Waals surface area contributed by atoms with Crippen LogP contribution in [0.2, 0.25) is 0 Å². The fourth-order valence-electron chi connectivity index (χ4n) is 1.79. The van der Waals surface area contributed by atoms with Crippen LogP contribution in [0.3, 0.4) is 0 Å². The minimum absolute atomic E-state index is 0.0788. The molecule has 0 spiro atoms. The number of carbonyl (C=O) groups excluding carboxylic acids is 3. The summed E-state index contributed by atoms with van der Waals surface area (Å²) in [5, 5.41) is 15.8. The Kier molecular flexibility index (Phi) is 4.00. The molecule has 1 fully saturated rings. The number of phenolic OH excluding ortho intramolecular Hbond substituents is 1. The van der Waals surface area contributed by atoms with Gasteiger partial charge in [-0.25, -0.2) is 13.2 Å². The minimum atomic E-state index is -5.08. The van der Waals surface area contributed by atoms with Gasteiger partial charge in [-0.15, -0.1) is 5.06 Å². The van der Waals surface area contributed by atoms with E-state index < -0.39 is 50.9 Å². The van der Waals surface area contributed by atoms with Crippen LogP contribution in [0, 0.1) is 5.39 Å². The molecule has 1 aliphatic rings. The maximum Gasteiger partial charge on any atom is 0.388 e. The summed E-state index contributed by atoms with van der Waals surface area (Å²) in [5.41, 5.74) is -0.559. The maximum atomic E-state index is 11.8. The molecule has 1 saturated heterocycles. The van der Waals surface area contributed by atoms with Crippen molar-refractivity contribution in [1.82, 2.24) is 5.06 Å². The van der Waals surface area contributed by atoms with Crippen LogP contribution in [0.1, 0.15) is 16.8 Å². The molecule has 0 saturated carbocycles. The number of hydroxylamine groups is 2. The normalized spacial score (nSPS) is 17.9. The molecule has 1 aromatic rings. The highest BCUT2D eigenvalue weighted by atomic mass is 32.2. The summed E-state index contributed by atoms with van der Waals surface area (Å²) >= 11 is 0. The lowest BCUT2D eigenvalue weighted by Gasteiger charge is -2.15. The van der Waals surface area contributed by atoms with Crippen LogP contribution >= 0.6 is 0 Å². The van der Waals surface area contributed by atoms with Gasteiger partial charge in [-0.2, -0.15) is 0 Å². The number of hydrogen-bond donors (Lipinski definition) is 1. The van der Waals surface area contributed by atoms with Gasteiger partial charge < -0.3 is 14.5 Å². The summed E-state index contributed by atoms with van der Waals surface area (Å²) in [5.74, 6) is -4.69. The molecule has 120 valence electrons. The Morgan fingerprint density at radius 2 is 2.09 bits per heavy atom. The summed E-state index contributed by atoms with van der Waals surface area (Å²) in [6.45, 7) is 0. The van der Waals surface area contributed by atoms with E-state index in [0.717, 1.165) is 18.2 Å². The molecule has 1 aromatic carbocycles. The van der Waals surface area contributed by atoms with Crippen molar-refractivity contribution in [2.24, 2.45) is 0 Å². The van der Waals surface area contributed by atoms with Crippen molar-refractivity contribution >= 4 is 33.6 Å². The fraction of sp³-hybridized carbons (Fsp3) is 0.182. The summed E-state index contributed by atoms with van der Waals surface area (Å²) < 4.78 is 32.5. The van der Waals surface area contributed by atoms with Crippen LogP contribution in [0.4, 0.5) is 5.69 Å². The first-order valence-corrected chi connectivity index (χ1v) is 7.34. The molecule has 0 aliphatic carbocycles. The first-order chi connectivity index (χ1) is 10.6. The van der Waals surface area contributed by atoms with E-state index >= 15 is 0 Å². The lowest BCUT2D eigenvalue weighted by molar-refractivity contribution is -0.172. The van der Waals surface area contributed by atoms with Crippen LogP contribution < -0.4 is 0 Å². The summed E-state index contributed by atoms with van der Waals surface area (Å²) in [7, 11) is -5.08. The van der Waals surface area contributed by atoms with Crippen LogP contribution in [0.5, 0.6) is 5.75 Å². The monoisotopic (exact) mass is 341 g/mol. The Morgan fingerprint density at radius 3 is 2.57 bits per heavy atom. The molecular formula is C11H7N3O8S. The molecule has 0 aromatic heterocycles. The standard InChI is InChI=1S/C11H7N3O8S/c12-13-5-1-2-6(7(15)3-5)11(18)22-14-9(16)4-8(10(14)17)23(19,20)21/h1-3,8H,4H2,(H-,15,18,19,20,21). The van der Waals surface area contributed by atoms with Gasteiger partial charge in [-0.05, 0) is 6.07 Å². The minimum Gasteiger partial charge on any atom is -0.747 e. The number of diazo groups is 1. The maximum absolute atomic E-state index is 11.8. The number of hydrogen-bond acceptors (Lipinski definition) is 9. The van der Waals surface area contributed by atoms with Crippen LogP contribution in [-0.4, -0.2) is 46.2 Å². The zero-order valence-corrected chi connectivity index (χ0v) is 11.9. The largest absolute Gasteiger partial charge is 0.747 e. The second kappa shape index (κ2) is 5.63. The SMILES string of the molecule is N#[N+]c1ccc(C(=O)ON2C(=O)CC(S(=O)(=O)[O-])C2=O)c(O)c1. The van der Waals surface area contributed by atoms with Crippen molar-refractivity contribution in [3.8, 4) is 5.75 Å². The number of benzene rings is 1. The van der Waals surface area contributed by atoms with Gasteiger partial charge in [-0.1, -0.05) is 0 Å². The molecule has 2 amide bonds. The number of nitrogens with zero attached hydrogens (tertiary/aromatic N) is 3. The molecule has 23 heavy (non-hydrogen) atoms. The zero-order chi connectivity index (χ0) is 17.4. The van der Waals surface area contributed by atoms with Gasteiger partial charge in [0.2, 0.25) is 5.39 Å². The van der Waals surface area contributed by atoms with Crippen molar-refractivity contribution in [3.63, 3.8) is 0 Å². The van der Waals surface area contributed by atoms with Gasteiger partial charge in [0.1, 0.15) is 26.7 Å². The Bertz CT molecular complexity index is 857. The third-order valence-corrected chi connectivity index (χ3v) is 3.97. The average Bonchev–Trinajstić information content (AvgIpc) is 2.74. The topological polar surface area (TPSA) is 169 Å². The van der Waals surface area contributed by atoms with Crippen molar-refractivity contribution in [1.29, 1.82) is 5.39 Å². The molecule has 1 aliphatic heterocycles. The third-order valence-electron chi connectivity index (χ3n) is 2.90. The summed E-state index contributed by atoms with van der Waals surface area (Å²) in [4.78, 5) is 42.2. The molecular weight excluding hydrogens is 334 g/mol. The van der Waals surface area contributed by atoms with E-state index in [2.05, 4.69) is 9.81 Å². The highest BCUT2D eigenvalue weighted by Crippen LogP contribution is 2.26. The van der Waals surface area contributed by atoms with E-state index in [1.165, 1.54) is 0 Å². The lowest BCUT2D eigenvalue weighted by atomic mass is 10.2. The fourth-order valence-corrected chi connectivity index (χ4v) is 2.48. The highest BCUT2D eigenvalue weighted by Gasteiger charge is 2.45. The molecule has 11 nitrogen and oxygen atoms in total. The lowest BCUT2D eigenvalue weighted by Crippen LogP contribution is -2.36. The van der Waals surface area contributed by atoms with Gasteiger partial charge in [0.05, 0.1) is 12.5 Å².